The third-order valence-corrected chi connectivity index (χ3v) is 2.68. The van der Waals surface area contributed by atoms with Crippen LogP contribution < -0.4 is 5.73 Å². The number of amides is 4. The van der Waals surface area contributed by atoms with Gasteiger partial charge >= 0.3 is 17.8 Å². The Labute approximate surface area is 102 Å². The lowest BCUT2D eigenvalue weighted by atomic mass is 10.1. The van der Waals surface area contributed by atoms with E-state index in [-0.39, 0.29) is 17.8 Å². The largest absolute Gasteiger partial charge is 0.398 e. The van der Waals surface area contributed by atoms with Crippen LogP contribution in [0.5, 0.6) is 0 Å². The van der Waals surface area contributed by atoms with Gasteiger partial charge in [0, 0.05) is 12.7 Å². The molecule has 2 N–H and O–H groups in total. The minimum Gasteiger partial charge on any atom is -0.398 e. The fourth-order valence-corrected chi connectivity index (χ4v) is 1.63. The number of nitrogens with two attached hydrogens (primary N) is 1. The van der Waals surface area contributed by atoms with E-state index in [0.717, 1.165) is 11.0 Å². The lowest BCUT2D eigenvalue weighted by Gasteiger charge is -2.14. The normalized spacial score (nSPS) is 15.8. The van der Waals surface area contributed by atoms with E-state index in [1.54, 1.807) is 0 Å². The molecule has 0 bridgehead atoms. The van der Waals surface area contributed by atoms with Crippen LogP contribution in [0.3, 0.4) is 0 Å². The van der Waals surface area contributed by atoms with E-state index in [2.05, 4.69) is 0 Å². The van der Waals surface area contributed by atoms with Crippen LogP contribution in [-0.2, 0) is 16.1 Å². The van der Waals surface area contributed by atoms with Crippen molar-refractivity contribution in [2.24, 2.45) is 0 Å². The summed E-state index contributed by atoms with van der Waals surface area (Å²) in [5, 5.41) is 0. The Kier molecular flexibility index (Phi) is 2.74. The molecular weight excluding hydrogens is 241 g/mol. The molecule has 0 aromatic heterocycles. The van der Waals surface area contributed by atoms with E-state index in [1.807, 2.05) is 0 Å². The van der Waals surface area contributed by atoms with Gasteiger partial charge in [-0.1, -0.05) is 0 Å². The number of urea groups is 1. The van der Waals surface area contributed by atoms with Crippen molar-refractivity contribution in [2.45, 2.75) is 6.54 Å². The predicted octanol–water partition coefficient (Wildman–Crippen LogP) is 0.329. The summed E-state index contributed by atoms with van der Waals surface area (Å²) in [6.07, 6.45) is 0. The first-order valence-corrected chi connectivity index (χ1v) is 5.09. The molecule has 0 aliphatic carbocycles. The highest BCUT2D eigenvalue weighted by Crippen LogP contribution is 2.19. The number of anilines is 1. The van der Waals surface area contributed by atoms with E-state index in [9.17, 15) is 18.8 Å². The molecule has 0 saturated carbocycles. The number of halogens is 1. The first-order chi connectivity index (χ1) is 8.41. The number of benzene rings is 1. The summed E-state index contributed by atoms with van der Waals surface area (Å²) in [6, 6.07) is 2.89. The molecule has 1 fully saturated rings. The highest BCUT2D eigenvalue weighted by Gasteiger charge is 2.42. The van der Waals surface area contributed by atoms with E-state index in [4.69, 9.17) is 5.73 Å². The summed E-state index contributed by atoms with van der Waals surface area (Å²) in [7, 11) is 1.21. The Morgan fingerprint density at radius 2 is 1.89 bits per heavy atom. The standard InChI is InChI=1S/C11H10FN3O3/c1-14-9(16)10(17)15(11(14)18)5-6-4-7(12)2-3-8(6)13/h2-4H,5,13H2,1H3. The molecule has 4 amide bonds. The lowest BCUT2D eigenvalue weighted by Crippen LogP contribution is -2.31. The minimum atomic E-state index is -0.939. The number of imide groups is 2. The van der Waals surface area contributed by atoms with Gasteiger partial charge in [-0.2, -0.15) is 0 Å². The second-order valence-electron chi connectivity index (χ2n) is 3.88. The van der Waals surface area contributed by atoms with Crippen molar-refractivity contribution >= 4 is 23.5 Å². The number of carbonyl (C=O) groups excluding carboxylic acids is 3. The summed E-state index contributed by atoms with van der Waals surface area (Å²) in [6.45, 7) is -0.225. The lowest BCUT2D eigenvalue weighted by molar-refractivity contribution is -0.143. The van der Waals surface area contributed by atoms with Gasteiger partial charge in [-0.05, 0) is 23.8 Å². The first-order valence-electron chi connectivity index (χ1n) is 5.09. The summed E-state index contributed by atoms with van der Waals surface area (Å²) in [5.41, 5.74) is 6.14. The van der Waals surface area contributed by atoms with E-state index in [1.165, 1.54) is 19.2 Å². The second-order valence-corrected chi connectivity index (χ2v) is 3.88. The van der Waals surface area contributed by atoms with Gasteiger partial charge < -0.3 is 5.73 Å². The van der Waals surface area contributed by atoms with E-state index < -0.39 is 23.7 Å². The molecule has 0 unspecified atom stereocenters. The average molecular weight is 251 g/mol. The molecular formula is C11H10FN3O3. The third-order valence-electron chi connectivity index (χ3n) is 2.68. The third kappa shape index (κ3) is 1.79. The number of nitrogen functional groups attached to an aromatic ring is 1. The van der Waals surface area contributed by atoms with Crippen LogP contribution in [0.2, 0.25) is 0 Å². The topological polar surface area (TPSA) is 83.7 Å². The quantitative estimate of drug-likeness (QED) is 0.466. The molecule has 18 heavy (non-hydrogen) atoms. The summed E-state index contributed by atoms with van der Waals surface area (Å²) in [4.78, 5) is 35.8. The van der Waals surface area contributed by atoms with Gasteiger partial charge in [-0.3, -0.25) is 19.4 Å². The van der Waals surface area contributed by atoms with Crippen molar-refractivity contribution in [3.63, 3.8) is 0 Å². The van der Waals surface area contributed by atoms with Crippen molar-refractivity contribution in [2.75, 3.05) is 12.8 Å². The average Bonchev–Trinajstić information content (AvgIpc) is 2.51. The summed E-state index contributed by atoms with van der Waals surface area (Å²) < 4.78 is 13.0. The van der Waals surface area contributed by atoms with Gasteiger partial charge in [0.25, 0.3) is 0 Å². The summed E-state index contributed by atoms with van der Waals surface area (Å²) >= 11 is 0. The number of rotatable bonds is 2. The molecule has 0 radical (unpaired) electrons. The zero-order chi connectivity index (χ0) is 13.4. The second kappa shape index (κ2) is 4.10. The number of hydrogen-bond acceptors (Lipinski definition) is 4. The van der Waals surface area contributed by atoms with Crippen LogP contribution in [0.15, 0.2) is 18.2 Å². The fraction of sp³-hybridized carbons (Fsp3) is 0.182. The molecule has 1 aromatic carbocycles. The molecule has 1 aliphatic heterocycles. The number of hydrogen-bond donors (Lipinski definition) is 1. The monoisotopic (exact) mass is 251 g/mol. The van der Waals surface area contributed by atoms with Gasteiger partial charge in [-0.25, -0.2) is 9.18 Å². The van der Waals surface area contributed by atoms with E-state index >= 15 is 0 Å². The number of carbonyl (C=O) groups is 3. The van der Waals surface area contributed by atoms with Crippen molar-refractivity contribution in [1.82, 2.24) is 9.80 Å². The van der Waals surface area contributed by atoms with Gasteiger partial charge in [-0.15, -0.1) is 0 Å². The predicted molar refractivity (Wildman–Crippen MR) is 59.5 cm³/mol. The van der Waals surface area contributed by atoms with Crippen molar-refractivity contribution in [1.29, 1.82) is 0 Å². The van der Waals surface area contributed by atoms with Crippen molar-refractivity contribution < 1.29 is 18.8 Å². The first kappa shape index (κ1) is 12.0. The van der Waals surface area contributed by atoms with Gasteiger partial charge in [0.15, 0.2) is 0 Å². The van der Waals surface area contributed by atoms with Crippen molar-refractivity contribution in [3.8, 4) is 0 Å². The zero-order valence-electron chi connectivity index (χ0n) is 9.51. The Bertz CT molecular complexity index is 558. The maximum atomic E-state index is 13.0. The summed E-state index contributed by atoms with van der Waals surface area (Å²) in [5.74, 6) is -2.38. The van der Waals surface area contributed by atoms with Crippen LogP contribution in [0.1, 0.15) is 5.56 Å². The fourth-order valence-electron chi connectivity index (χ4n) is 1.63. The zero-order valence-corrected chi connectivity index (χ0v) is 9.51. The molecule has 1 saturated heterocycles. The molecule has 2 rings (SSSR count). The van der Waals surface area contributed by atoms with Gasteiger partial charge in [0.2, 0.25) is 0 Å². The smallest absolute Gasteiger partial charge is 0.334 e. The Hall–Kier alpha value is -2.44. The number of likely N-dealkylation sites (N-methyl/N-ethyl adjacent to an activating group) is 1. The molecule has 1 heterocycles. The van der Waals surface area contributed by atoms with Crippen LogP contribution in [0.25, 0.3) is 0 Å². The number of nitrogens with zero attached hydrogens (tertiary/aromatic N) is 2. The molecule has 6 nitrogen and oxygen atoms in total. The Morgan fingerprint density at radius 1 is 1.22 bits per heavy atom. The van der Waals surface area contributed by atoms with Gasteiger partial charge in [0.1, 0.15) is 5.82 Å². The molecule has 7 heteroatoms. The van der Waals surface area contributed by atoms with Crippen LogP contribution in [0, 0.1) is 5.82 Å². The molecule has 0 spiro atoms. The van der Waals surface area contributed by atoms with Crippen molar-refractivity contribution in [3.05, 3.63) is 29.6 Å². The highest BCUT2D eigenvalue weighted by molar-refractivity contribution is 6.44. The van der Waals surface area contributed by atoms with Crippen LogP contribution >= 0.6 is 0 Å². The Balaban J connectivity index is 2.29. The van der Waals surface area contributed by atoms with Gasteiger partial charge in [0.05, 0.1) is 6.54 Å². The maximum absolute atomic E-state index is 13.0. The SMILES string of the molecule is CN1C(=O)C(=O)N(Cc2cc(F)ccc2N)C1=O. The van der Waals surface area contributed by atoms with E-state index in [0.29, 0.717) is 4.90 Å². The Morgan fingerprint density at radius 3 is 2.44 bits per heavy atom. The maximum Gasteiger partial charge on any atom is 0.334 e. The molecule has 0 atom stereocenters. The molecule has 94 valence electrons. The minimum absolute atomic E-state index is 0.225. The van der Waals surface area contributed by atoms with Crippen LogP contribution in [-0.4, -0.2) is 34.7 Å². The van der Waals surface area contributed by atoms with Crippen LogP contribution in [0.4, 0.5) is 14.9 Å². The molecule has 1 aromatic rings. The highest BCUT2D eigenvalue weighted by atomic mass is 19.1. The molecule has 1 aliphatic rings.